The first kappa shape index (κ1) is 21.4. The molecule has 0 radical (unpaired) electrons. The smallest absolute Gasteiger partial charge is 0.250 e. The van der Waals surface area contributed by atoms with Crippen molar-refractivity contribution in [1.29, 1.82) is 0 Å². The molecular formula is C20H30O4Si. The van der Waals surface area contributed by atoms with Crippen LogP contribution in [0.2, 0.25) is 18.1 Å². The van der Waals surface area contributed by atoms with Crippen LogP contribution in [-0.4, -0.2) is 33.6 Å². The second-order valence-electron chi connectivity index (χ2n) is 7.20. The minimum atomic E-state index is -2.04. The molecule has 0 fully saturated rings. The fourth-order valence-corrected chi connectivity index (χ4v) is 2.83. The van der Waals surface area contributed by atoms with Gasteiger partial charge < -0.3 is 13.9 Å². The first-order chi connectivity index (χ1) is 11.6. The second kappa shape index (κ2) is 9.19. The largest absolute Gasteiger partial charge is 0.543 e. The minimum Gasteiger partial charge on any atom is -0.543 e. The Morgan fingerprint density at radius 1 is 1.12 bits per heavy atom. The van der Waals surface area contributed by atoms with Gasteiger partial charge in [-0.25, -0.2) is 0 Å². The Morgan fingerprint density at radius 3 is 2.20 bits per heavy atom. The van der Waals surface area contributed by atoms with Gasteiger partial charge in [0.05, 0.1) is 5.56 Å². The first-order valence-corrected chi connectivity index (χ1v) is 11.6. The number of rotatable bonds is 7. The van der Waals surface area contributed by atoms with Crippen molar-refractivity contribution in [2.75, 3.05) is 13.2 Å². The van der Waals surface area contributed by atoms with Crippen LogP contribution in [0.5, 0.6) is 5.75 Å². The molecule has 1 aromatic rings. The molecule has 0 saturated carbocycles. The predicted molar refractivity (Wildman–Crippen MR) is 103 cm³/mol. The second-order valence-corrected chi connectivity index (χ2v) is 11.9. The van der Waals surface area contributed by atoms with Crippen molar-refractivity contribution in [3.63, 3.8) is 0 Å². The van der Waals surface area contributed by atoms with Gasteiger partial charge in [0.25, 0.3) is 8.32 Å². The maximum absolute atomic E-state index is 12.6. The van der Waals surface area contributed by atoms with E-state index < -0.39 is 14.6 Å². The number of hydrogen-bond acceptors (Lipinski definition) is 4. The van der Waals surface area contributed by atoms with Crippen molar-refractivity contribution in [3.8, 4) is 17.6 Å². The molecule has 0 N–H and O–H groups in total. The van der Waals surface area contributed by atoms with Gasteiger partial charge in [-0.2, -0.15) is 0 Å². The molecule has 0 aliphatic heterocycles. The molecule has 1 rings (SSSR count). The zero-order valence-electron chi connectivity index (χ0n) is 16.4. The third-order valence-electron chi connectivity index (χ3n) is 4.24. The van der Waals surface area contributed by atoms with Crippen LogP contribution in [0.1, 0.15) is 45.0 Å². The molecular weight excluding hydrogens is 332 g/mol. The monoisotopic (exact) mass is 362 g/mol. The molecule has 0 saturated heterocycles. The maximum atomic E-state index is 12.6. The lowest BCUT2D eigenvalue weighted by Crippen LogP contribution is -2.44. The van der Waals surface area contributed by atoms with Crippen molar-refractivity contribution >= 4 is 14.1 Å². The van der Waals surface area contributed by atoms with Crippen molar-refractivity contribution in [2.24, 2.45) is 0 Å². The summed E-state index contributed by atoms with van der Waals surface area (Å²) >= 11 is 0. The van der Waals surface area contributed by atoms with Gasteiger partial charge >= 0.3 is 0 Å². The molecule has 0 aromatic heterocycles. The highest BCUT2D eigenvalue weighted by molar-refractivity contribution is 6.74. The van der Waals surface area contributed by atoms with Crippen LogP contribution in [0.25, 0.3) is 0 Å². The van der Waals surface area contributed by atoms with E-state index in [1.807, 2.05) is 32.0 Å². The number of carbonyl (C=O) groups excluding carboxylic acids is 1. The van der Waals surface area contributed by atoms with Crippen molar-refractivity contribution in [2.45, 2.75) is 59.0 Å². The lowest BCUT2D eigenvalue weighted by atomic mass is 10.1. The molecule has 138 valence electrons. The van der Waals surface area contributed by atoms with Crippen LogP contribution >= 0.6 is 0 Å². The van der Waals surface area contributed by atoms with Gasteiger partial charge in [0.1, 0.15) is 5.75 Å². The third-order valence-corrected chi connectivity index (χ3v) is 8.59. The number of carbonyl (C=O) groups is 1. The van der Waals surface area contributed by atoms with Crippen molar-refractivity contribution in [3.05, 3.63) is 29.8 Å². The number of para-hydroxylation sites is 1. The SMILES string of the molecule is CCOC(C#CC(=O)c1ccccc1O[Si](C)(C)C(C)(C)C)OCC. The van der Waals surface area contributed by atoms with Crippen molar-refractivity contribution < 1.29 is 18.7 Å². The Morgan fingerprint density at radius 2 is 1.68 bits per heavy atom. The fourth-order valence-electron chi connectivity index (χ4n) is 1.80. The van der Waals surface area contributed by atoms with E-state index in [0.29, 0.717) is 24.5 Å². The summed E-state index contributed by atoms with van der Waals surface area (Å²) in [5, 5.41) is 0.0455. The van der Waals surface area contributed by atoms with Gasteiger partial charge in [0.2, 0.25) is 12.1 Å². The van der Waals surface area contributed by atoms with Crippen LogP contribution in [0.4, 0.5) is 0 Å². The van der Waals surface area contributed by atoms with E-state index >= 15 is 0 Å². The number of ketones is 1. The summed E-state index contributed by atoms with van der Waals surface area (Å²) in [5.74, 6) is 5.68. The third kappa shape index (κ3) is 6.31. The molecule has 5 heteroatoms. The highest BCUT2D eigenvalue weighted by atomic mass is 28.4. The van der Waals surface area contributed by atoms with Crippen LogP contribution in [-0.2, 0) is 9.47 Å². The average molecular weight is 363 g/mol. The fraction of sp³-hybridized carbons (Fsp3) is 0.550. The van der Waals surface area contributed by atoms with Crippen molar-refractivity contribution in [1.82, 2.24) is 0 Å². The molecule has 1 aromatic carbocycles. The van der Waals surface area contributed by atoms with Gasteiger partial charge in [0, 0.05) is 13.2 Å². The van der Waals surface area contributed by atoms with E-state index in [2.05, 4.69) is 45.7 Å². The molecule has 0 heterocycles. The Hall–Kier alpha value is -1.61. The number of ether oxygens (including phenoxy) is 2. The number of Topliss-reactive ketones (excluding diaryl/α,β-unsaturated/α-hetero) is 1. The van der Waals surface area contributed by atoms with Gasteiger partial charge in [-0.05, 0) is 56.0 Å². The normalized spacial score (nSPS) is 11.8. The number of benzene rings is 1. The standard InChI is InChI=1S/C20H30O4Si/c1-8-22-19(23-9-2)15-14-17(21)16-12-10-11-13-18(16)24-25(6,7)20(3,4)5/h10-13,19H,8-9H2,1-7H3. The summed E-state index contributed by atoms with van der Waals surface area (Å²) in [4.78, 5) is 12.6. The lowest BCUT2D eigenvalue weighted by Gasteiger charge is -2.36. The van der Waals surface area contributed by atoms with Crippen LogP contribution in [0.3, 0.4) is 0 Å². The summed E-state index contributed by atoms with van der Waals surface area (Å²) < 4.78 is 17.0. The molecule has 0 aliphatic rings. The van der Waals surface area contributed by atoms with Crippen LogP contribution in [0.15, 0.2) is 24.3 Å². The minimum absolute atomic E-state index is 0.0455. The van der Waals surface area contributed by atoms with E-state index in [9.17, 15) is 4.79 Å². The number of hydrogen-bond donors (Lipinski definition) is 0. The van der Waals surface area contributed by atoms with Gasteiger partial charge in [-0.1, -0.05) is 32.9 Å². The molecule has 0 aliphatic carbocycles. The molecule has 0 spiro atoms. The molecule has 0 unspecified atom stereocenters. The van der Waals surface area contributed by atoms with E-state index in [1.165, 1.54) is 0 Å². The summed E-state index contributed by atoms with van der Waals surface area (Å²) in [6, 6.07) is 7.26. The van der Waals surface area contributed by atoms with E-state index in [4.69, 9.17) is 13.9 Å². The van der Waals surface area contributed by atoms with E-state index in [1.54, 1.807) is 6.07 Å². The van der Waals surface area contributed by atoms with Gasteiger partial charge in [-0.15, -0.1) is 0 Å². The molecule has 0 bridgehead atoms. The van der Waals surface area contributed by atoms with Gasteiger partial charge in [0.15, 0.2) is 0 Å². The lowest BCUT2D eigenvalue weighted by molar-refractivity contribution is -0.0970. The van der Waals surface area contributed by atoms with Crippen LogP contribution < -0.4 is 4.43 Å². The Labute approximate surface area is 153 Å². The zero-order chi connectivity index (χ0) is 19.1. The maximum Gasteiger partial charge on any atom is 0.250 e. The average Bonchev–Trinajstić information content (AvgIpc) is 2.52. The Bertz CT molecular complexity index is 629. The Balaban J connectivity index is 3.06. The molecule has 0 amide bonds. The molecule has 4 nitrogen and oxygen atoms in total. The summed E-state index contributed by atoms with van der Waals surface area (Å²) in [5.41, 5.74) is 0.478. The predicted octanol–water partition coefficient (Wildman–Crippen LogP) is 4.66. The van der Waals surface area contributed by atoms with Crippen LogP contribution in [0, 0.1) is 11.8 Å². The topological polar surface area (TPSA) is 44.8 Å². The summed E-state index contributed by atoms with van der Waals surface area (Å²) in [6.07, 6.45) is -0.688. The van der Waals surface area contributed by atoms with E-state index in [-0.39, 0.29) is 10.8 Å². The zero-order valence-corrected chi connectivity index (χ0v) is 17.4. The quantitative estimate of drug-likeness (QED) is 0.233. The first-order valence-electron chi connectivity index (χ1n) is 8.69. The van der Waals surface area contributed by atoms with E-state index in [0.717, 1.165) is 0 Å². The van der Waals surface area contributed by atoms with Gasteiger partial charge in [-0.3, -0.25) is 4.79 Å². The summed E-state index contributed by atoms with van der Waals surface area (Å²) in [6.45, 7) is 15.5. The molecule has 0 atom stereocenters. The summed E-state index contributed by atoms with van der Waals surface area (Å²) in [7, 11) is -2.04. The Kier molecular flexibility index (Phi) is 7.87. The highest BCUT2D eigenvalue weighted by Gasteiger charge is 2.39. The highest BCUT2D eigenvalue weighted by Crippen LogP contribution is 2.38. The molecule has 25 heavy (non-hydrogen) atoms.